The minimum Gasteiger partial charge on any atom is -0.317 e. The van der Waals surface area contributed by atoms with Crippen molar-refractivity contribution in [1.29, 1.82) is 0 Å². The molecule has 0 spiro atoms. The predicted octanol–water partition coefficient (Wildman–Crippen LogP) is 1.81. The number of unbranched alkanes of at least 4 members (excludes halogenated alkanes) is 2. The van der Waals surface area contributed by atoms with Crippen LogP contribution in [-0.2, 0) is 9.84 Å². The average Bonchev–Trinajstić information content (AvgIpc) is 2.22. The smallest absolute Gasteiger partial charge is 0.150 e. The van der Waals surface area contributed by atoms with E-state index in [2.05, 4.69) is 5.32 Å². The lowest BCUT2D eigenvalue weighted by Crippen LogP contribution is -2.20. The molecule has 0 aromatic carbocycles. The Labute approximate surface area is 98.5 Å². The van der Waals surface area contributed by atoms with Gasteiger partial charge in [0.1, 0.15) is 9.84 Å². The van der Waals surface area contributed by atoms with Crippen LogP contribution in [0.25, 0.3) is 0 Å². The molecule has 0 aliphatic carbocycles. The number of rotatable bonds is 10. The number of hydrogen-bond acceptors (Lipinski definition) is 3. The zero-order valence-corrected chi connectivity index (χ0v) is 11.0. The summed E-state index contributed by atoms with van der Waals surface area (Å²) in [4.78, 5) is 0. The van der Waals surface area contributed by atoms with Crippen LogP contribution in [0.3, 0.4) is 0 Å². The third-order valence-corrected chi connectivity index (χ3v) is 4.29. The first-order valence-corrected chi connectivity index (χ1v) is 7.95. The highest BCUT2D eigenvalue weighted by Crippen LogP contribution is 1.96. The van der Waals surface area contributed by atoms with Crippen LogP contribution >= 0.6 is 11.6 Å². The quantitative estimate of drug-likeness (QED) is 0.478. The number of halogens is 1. The summed E-state index contributed by atoms with van der Waals surface area (Å²) in [6.45, 7) is 3.44. The fourth-order valence-corrected chi connectivity index (χ4v) is 2.27. The predicted molar refractivity (Wildman–Crippen MR) is 66.4 cm³/mol. The van der Waals surface area contributed by atoms with Gasteiger partial charge in [-0.15, -0.1) is 11.6 Å². The molecule has 0 aliphatic rings. The second kappa shape index (κ2) is 9.43. The van der Waals surface area contributed by atoms with E-state index in [4.69, 9.17) is 11.6 Å². The van der Waals surface area contributed by atoms with E-state index in [1.165, 1.54) is 0 Å². The van der Waals surface area contributed by atoms with Crippen LogP contribution in [0.15, 0.2) is 0 Å². The van der Waals surface area contributed by atoms with E-state index in [1.807, 2.05) is 0 Å². The number of hydrogen-bond donors (Lipinski definition) is 1. The molecule has 0 unspecified atom stereocenters. The Morgan fingerprint density at radius 2 is 1.73 bits per heavy atom. The van der Waals surface area contributed by atoms with Crippen LogP contribution < -0.4 is 5.32 Å². The number of sulfone groups is 1. The van der Waals surface area contributed by atoms with Crippen molar-refractivity contribution in [1.82, 2.24) is 5.32 Å². The minimum atomic E-state index is -2.78. The number of nitrogens with one attached hydrogen (secondary N) is 1. The molecular weight excluding hydrogens is 234 g/mol. The summed E-state index contributed by atoms with van der Waals surface area (Å²) in [7, 11) is -2.78. The fourth-order valence-electron chi connectivity index (χ4n) is 1.21. The van der Waals surface area contributed by atoms with Gasteiger partial charge in [-0.05, 0) is 32.4 Å². The topological polar surface area (TPSA) is 46.2 Å². The SMILES string of the molecule is CCS(=O)(=O)CCCNCCCCCCl. The van der Waals surface area contributed by atoms with Crippen molar-refractivity contribution in [3.05, 3.63) is 0 Å². The Morgan fingerprint density at radius 1 is 1.07 bits per heavy atom. The van der Waals surface area contributed by atoms with E-state index in [-0.39, 0.29) is 5.75 Å². The third kappa shape index (κ3) is 10.5. The maximum Gasteiger partial charge on any atom is 0.150 e. The molecule has 0 aromatic rings. The van der Waals surface area contributed by atoms with Gasteiger partial charge in [0, 0.05) is 11.6 Å². The van der Waals surface area contributed by atoms with Crippen molar-refractivity contribution >= 4 is 21.4 Å². The first-order valence-electron chi connectivity index (χ1n) is 5.59. The van der Waals surface area contributed by atoms with Gasteiger partial charge in [-0.3, -0.25) is 0 Å². The zero-order valence-electron chi connectivity index (χ0n) is 9.47. The molecule has 15 heavy (non-hydrogen) atoms. The highest BCUT2D eigenvalue weighted by Gasteiger charge is 2.05. The first-order chi connectivity index (χ1) is 7.12. The molecule has 5 heteroatoms. The molecule has 92 valence electrons. The van der Waals surface area contributed by atoms with Crippen LogP contribution in [0.2, 0.25) is 0 Å². The van der Waals surface area contributed by atoms with Crippen LogP contribution in [0, 0.1) is 0 Å². The van der Waals surface area contributed by atoms with E-state index in [1.54, 1.807) is 6.92 Å². The Balaban J connectivity index is 3.19. The first kappa shape index (κ1) is 15.2. The van der Waals surface area contributed by atoms with Gasteiger partial charge >= 0.3 is 0 Å². The summed E-state index contributed by atoms with van der Waals surface area (Å²) < 4.78 is 22.3. The van der Waals surface area contributed by atoms with Gasteiger partial charge in [0.05, 0.1) is 5.75 Å². The van der Waals surface area contributed by atoms with E-state index in [0.29, 0.717) is 12.2 Å². The minimum absolute atomic E-state index is 0.253. The van der Waals surface area contributed by atoms with Crippen LogP contribution in [0.4, 0.5) is 0 Å². The van der Waals surface area contributed by atoms with Crippen molar-refractivity contribution in [3.63, 3.8) is 0 Å². The molecule has 1 N–H and O–H groups in total. The van der Waals surface area contributed by atoms with Gasteiger partial charge in [-0.25, -0.2) is 8.42 Å². The second-order valence-corrected chi connectivity index (χ2v) is 6.44. The highest BCUT2D eigenvalue weighted by molar-refractivity contribution is 7.91. The second-order valence-electron chi connectivity index (χ2n) is 3.59. The Kier molecular flexibility index (Phi) is 9.55. The molecule has 0 amide bonds. The van der Waals surface area contributed by atoms with Crippen LogP contribution in [0.5, 0.6) is 0 Å². The summed E-state index contributed by atoms with van der Waals surface area (Å²) in [5.41, 5.74) is 0. The van der Waals surface area contributed by atoms with Gasteiger partial charge in [-0.1, -0.05) is 13.3 Å². The van der Waals surface area contributed by atoms with Gasteiger partial charge in [0.25, 0.3) is 0 Å². The molecule has 0 fully saturated rings. The van der Waals surface area contributed by atoms with Crippen molar-refractivity contribution < 1.29 is 8.42 Å². The molecule has 0 rings (SSSR count). The average molecular weight is 256 g/mol. The van der Waals surface area contributed by atoms with E-state index < -0.39 is 9.84 Å². The van der Waals surface area contributed by atoms with Crippen LogP contribution in [-0.4, -0.2) is 38.9 Å². The summed E-state index contributed by atoms with van der Waals surface area (Å²) in [6.07, 6.45) is 4.04. The molecule has 0 aromatic heterocycles. The third-order valence-electron chi connectivity index (χ3n) is 2.24. The van der Waals surface area contributed by atoms with E-state index >= 15 is 0 Å². The molecule has 0 saturated carbocycles. The molecule has 3 nitrogen and oxygen atoms in total. The molecule has 0 radical (unpaired) electrons. The lowest BCUT2D eigenvalue weighted by atomic mass is 10.2. The lowest BCUT2D eigenvalue weighted by Gasteiger charge is -2.04. The number of alkyl halides is 1. The molecule has 0 atom stereocenters. The highest BCUT2D eigenvalue weighted by atomic mass is 35.5. The fraction of sp³-hybridized carbons (Fsp3) is 1.00. The Morgan fingerprint density at radius 3 is 2.33 bits per heavy atom. The van der Waals surface area contributed by atoms with Crippen molar-refractivity contribution in [2.75, 3.05) is 30.5 Å². The molecule has 0 heterocycles. The lowest BCUT2D eigenvalue weighted by molar-refractivity contribution is 0.584. The maximum absolute atomic E-state index is 11.1. The van der Waals surface area contributed by atoms with Gasteiger partial charge < -0.3 is 5.32 Å². The Hall–Kier alpha value is 0.200. The Bertz CT molecular complexity index is 230. The van der Waals surface area contributed by atoms with E-state index in [0.717, 1.165) is 38.2 Å². The van der Waals surface area contributed by atoms with Gasteiger partial charge in [-0.2, -0.15) is 0 Å². The van der Waals surface area contributed by atoms with Crippen molar-refractivity contribution in [2.24, 2.45) is 0 Å². The standard InChI is InChI=1S/C10H22ClNO2S/c1-2-15(13,14)10-6-9-12-8-5-3-4-7-11/h12H,2-10H2,1H3. The zero-order chi connectivity index (χ0) is 11.6. The monoisotopic (exact) mass is 255 g/mol. The normalized spacial score (nSPS) is 11.9. The van der Waals surface area contributed by atoms with Crippen LogP contribution in [0.1, 0.15) is 32.6 Å². The van der Waals surface area contributed by atoms with Gasteiger partial charge in [0.15, 0.2) is 0 Å². The summed E-state index contributed by atoms with van der Waals surface area (Å²) in [6, 6.07) is 0. The summed E-state index contributed by atoms with van der Waals surface area (Å²) in [5, 5.41) is 3.23. The van der Waals surface area contributed by atoms with Crippen molar-refractivity contribution in [2.45, 2.75) is 32.6 Å². The molecule has 0 aliphatic heterocycles. The molecule has 0 bridgehead atoms. The largest absolute Gasteiger partial charge is 0.317 e. The maximum atomic E-state index is 11.1. The summed E-state index contributed by atoms with van der Waals surface area (Å²) >= 11 is 5.54. The van der Waals surface area contributed by atoms with E-state index in [9.17, 15) is 8.42 Å². The van der Waals surface area contributed by atoms with Gasteiger partial charge in [0.2, 0.25) is 0 Å². The molecular formula is C10H22ClNO2S. The summed E-state index contributed by atoms with van der Waals surface area (Å²) in [5.74, 6) is 1.29. The van der Waals surface area contributed by atoms with Crippen molar-refractivity contribution in [3.8, 4) is 0 Å². The molecule has 0 saturated heterocycles.